The molecule has 3 rings (SSSR count). The van der Waals surface area contributed by atoms with Crippen molar-refractivity contribution >= 4 is 17.3 Å². The van der Waals surface area contributed by atoms with Crippen LogP contribution in [0.25, 0.3) is 0 Å². The van der Waals surface area contributed by atoms with Crippen molar-refractivity contribution in [1.82, 2.24) is 19.6 Å². The molecule has 0 unspecified atom stereocenters. The van der Waals surface area contributed by atoms with Gasteiger partial charge in [-0.1, -0.05) is 0 Å². The number of carbonyl (C=O) groups excluding carboxylic acids is 1. The number of alkyl halides is 2. The number of aromatic nitrogens is 4. The highest BCUT2D eigenvalue weighted by Crippen LogP contribution is 2.27. The lowest BCUT2D eigenvalue weighted by molar-refractivity contribution is -0.386. The molecule has 0 radical (unpaired) electrons. The van der Waals surface area contributed by atoms with Crippen LogP contribution < -0.4 is 10.1 Å². The number of hydrogen-bond donors (Lipinski definition) is 1. The van der Waals surface area contributed by atoms with Crippen molar-refractivity contribution in [3.05, 3.63) is 63.5 Å². The number of rotatable bonds is 7. The molecule has 30 heavy (non-hydrogen) atoms. The molecule has 0 atom stereocenters. The molecular weight excluding hydrogens is 409 g/mol. The fourth-order valence-electron chi connectivity index (χ4n) is 2.77. The maximum Gasteiger partial charge on any atom is 0.387 e. The van der Waals surface area contributed by atoms with Gasteiger partial charge in [0.1, 0.15) is 23.9 Å². The van der Waals surface area contributed by atoms with Crippen molar-refractivity contribution in [1.29, 1.82) is 0 Å². The third kappa shape index (κ3) is 4.39. The van der Waals surface area contributed by atoms with Crippen LogP contribution in [0.4, 0.5) is 24.5 Å². The predicted octanol–water partition coefficient (Wildman–Crippen LogP) is 3.10. The second-order valence-corrected chi connectivity index (χ2v) is 6.13. The molecule has 0 bridgehead atoms. The Morgan fingerprint density at radius 2 is 2.03 bits per heavy atom. The number of nitrogens with one attached hydrogen (secondary N) is 1. The Morgan fingerprint density at radius 1 is 1.30 bits per heavy atom. The molecular formula is C17H15F3N6O4. The molecule has 1 amide bonds. The molecule has 13 heteroatoms. The van der Waals surface area contributed by atoms with Gasteiger partial charge in [0.15, 0.2) is 11.4 Å². The maximum atomic E-state index is 13.3. The van der Waals surface area contributed by atoms with E-state index in [0.717, 1.165) is 18.2 Å². The number of amides is 1. The Balaban J connectivity index is 1.77. The summed E-state index contributed by atoms with van der Waals surface area (Å²) >= 11 is 0. The van der Waals surface area contributed by atoms with Crippen LogP contribution in [-0.2, 0) is 6.67 Å². The highest BCUT2D eigenvalue weighted by Gasteiger charge is 2.22. The lowest BCUT2D eigenvalue weighted by Crippen LogP contribution is -2.16. The van der Waals surface area contributed by atoms with Crippen molar-refractivity contribution in [2.45, 2.75) is 27.1 Å². The van der Waals surface area contributed by atoms with Crippen molar-refractivity contribution in [3.63, 3.8) is 0 Å². The number of carbonyl (C=O) groups is 1. The Bertz CT molecular complexity index is 1110. The summed E-state index contributed by atoms with van der Waals surface area (Å²) in [6.07, 6.45) is 1.44. The summed E-state index contributed by atoms with van der Waals surface area (Å²) in [4.78, 5) is 22.9. The number of anilines is 1. The number of nitro groups is 1. The molecule has 0 aliphatic carbocycles. The zero-order valence-electron chi connectivity index (χ0n) is 15.7. The molecule has 2 heterocycles. The Kier molecular flexibility index (Phi) is 5.71. The van der Waals surface area contributed by atoms with Gasteiger partial charge in [-0.2, -0.15) is 19.0 Å². The molecule has 0 spiro atoms. The van der Waals surface area contributed by atoms with E-state index in [2.05, 4.69) is 20.3 Å². The van der Waals surface area contributed by atoms with E-state index in [4.69, 9.17) is 0 Å². The van der Waals surface area contributed by atoms with E-state index in [1.54, 1.807) is 0 Å². The van der Waals surface area contributed by atoms with E-state index in [9.17, 15) is 28.1 Å². The van der Waals surface area contributed by atoms with Gasteiger partial charge in [0.05, 0.1) is 10.6 Å². The molecule has 0 saturated heterocycles. The summed E-state index contributed by atoms with van der Waals surface area (Å²) < 4.78 is 45.2. The zero-order chi connectivity index (χ0) is 22.0. The van der Waals surface area contributed by atoms with Crippen molar-refractivity contribution in [2.24, 2.45) is 0 Å². The Morgan fingerprint density at radius 3 is 2.67 bits per heavy atom. The molecule has 1 aromatic carbocycles. The van der Waals surface area contributed by atoms with Crippen LogP contribution in [0.5, 0.6) is 5.75 Å². The molecule has 3 aromatic rings. The monoisotopic (exact) mass is 424 g/mol. The standard InChI is InChI=1S/C17H15F3N6O4/c1-9-15(26(28)29)10(2)25(22-9)8-24-6-5-13(23-24)16(27)21-12-4-3-11(18)7-14(12)30-17(19)20/h3-7,17H,8H2,1-2H3,(H,21,27). The van der Waals surface area contributed by atoms with Gasteiger partial charge in [-0.15, -0.1) is 0 Å². The second-order valence-electron chi connectivity index (χ2n) is 6.13. The first-order valence-electron chi connectivity index (χ1n) is 8.43. The van der Waals surface area contributed by atoms with E-state index in [1.165, 1.54) is 35.5 Å². The van der Waals surface area contributed by atoms with E-state index in [-0.39, 0.29) is 29.4 Å². The minimum absolute atomic E-state index is 0.00405. The van der Waals surface area contributed by atoms with Crippen LogP contribution >= 0.6 is 0 Å². The summed E-state index contributed by atoms with van der Waals surface area (Å²) in [6.45, 7) is -0.157. The van der Waals surface area contributed by atoms with Crippen LogP contribution in [0.2, 0.25) is 0 Å². The van der Waals surface area contributed by atoms with E-state index in [0.29, 0.717) is 5.69 Å². The number of halogens is 3. The summed E-state index contributed by atoms with van der Waals surface area (Å²) in [5, 5.41) is 21.5. The minimum Gasteiger partial charge on any atom is -0.432 e. The SMILES string of the molecule is Cc1nn(Cn2ccc(C(=O)Nc3ccc(F)cc3OC(F)F)n2)c(C)c1[N+](=O)[O-]. The first-order valence-corrected chi connectivity index (χ1v) is 8.43. The van der Waals surface area contributed by atoms with Crippen LogP contribution in [0.1, 0.15) is 21.9 Å². The van der Waals surface area contributed by atoms with Gasteiger partial charge < -0.3 is 10.1 Å². The van der Waals surface area contributed by atoms with Crippen LogP contribution in [-0.4, -0.2) is 37.0 Å². The molecule has 0 aliphatic heterocycles. The van der Waals surface area contributed by atoms with Crippen LogP contribution in [0.15, 0.2) is 30.5 Å². The maximum absolute atomic E-state index is 13.3. The molecule has 0 saturated carbocycles. The third-order valence-corrected chi connectivity index (χ3v) is 4.09. The van der Waals surface area contributed by atoms with Gasteiger partial charge in [0.25, 0.3) is 5.91 Å². The summed E-state index contributed by atoms with van der Waals surface area (Å²) in [5.41, 5.74) is 0.219. The Hall–Kier alpha value is -3.90. The van der Waals surface area contributed by atoms with E-state index in [1.807, 2.05) is 0 Å². The normalized spacial score (nSPS) is 11.0. The van der Waals surface area contributed by atoms with Crippen LogP contribution in [0.3, 0.4) is 0 Å². The molecule has 0 aliphatic rings. The van der Waals surface area contributed by atoms with Crippen molar-refractivity contribution in [2.75, 3.05) is 5.32 Å². The number of nitrogens with zero attached hydrogens (tertiary/aromatic N) is 5. The van der Waals surface area contributed by atoms with Crippen molar-refractivity contribution < 1.29 is 27.6 Å². The molecule has 158 valence electrons. The first-order chi connectivity index (χ1) is 14.2. The van der Waals surface area contributed by atoms with Gasteiger partial charge >= 0.3 is 12.3 Å². The van der Waals surface area contributed by atoms with Gasteiger partial charge in [0, 0.05) is 12.3 Å². The number of hydrogen-bond acceptors (Lipinski definition) is 6. The summed E-state index contributed by atoms with van der Waals surface area (Å²) in [6, 6.07) is 4.13. The van der Waals surface area contributed by atoms with Gasteiger partial charge in [-0.25, -0.2) is 9.07 Å². The van der Waals surface area contributed by atoms with Gasteiger partial charge in [0.2, 0.25) is 0 Å². The molecule has 0 fully saturated rings. The van der Waals surface area contributed by atoms with Crippen LogP contribution in [0, 0.1) is 29.8 Å². The van der Waals surface area contributed by atoms with Gasteiger partial charge in [-0.3, -0.25) is 19.6 Å². The second kappa shape index (κ2) is 8.23. The fraction of sp³-hybridized carbons (Fsp3) is 0.235. The predicted molar refractivity (Wildman–Crippen MR) is 97.0 cm³/mol. The average Bonchev–Trinajstić information content (AvgIpc) is 3.21. The largest absolute Gasteiger partial charge is 0.432 e. The number of aryl methyl sites for hydroxylation is 1. The van der Waals surface area contributed by atoms with E-state index < -0.39 is 29.0 Å². The van der Waals surface area contributed by atoms with Gasteiger partial charge in [-0.05, 0) is 32.0 Å². The molecule has 2 aromatic heterocycles. The number of benzene rings is 1. The lowest BCUT2D eigenvalue weighted by Gasteiger charge is -2.11. The molecule has 10 nitrogen and oxygen atoms in total. The molecule has 1 N–H and O–H groups in total. The topological polar surface area (TPSA) is 117 Å². The minimum atomic E-state index is -3.20. The smallest absolute Gasteiger partial charge is 0.387 e. The Labute approximate surface area is 167 Å². The highest BCUT2D eigenvalue weighted by molar-refractivity contribution is 6.03. The van der Waals surface area contributed by atoms with E-state index >= 15 is 0 Å². The highest BCUT2D eigenvalue weighted by atomic mass is 19.3. The van der Waals surface area contributed by atoms with Crippen molar-refractivity contribution in [3.8, 4) is 5.75 Å². The third-order valence-electron chi connectivity index (χ3n) is 4.09. The summed E-state index contributed by atoms with van der Waals surface area (Å²) in [7, 11) is 0. The fourth-order valence-corrected chi connectivity index (χ4v) is 2.77. The average molecular weight is 424 g/mol. The zero-order valence-corrected chi connectivity index (χ0v) is 15.7. The number of ether oxygens (including phenoxy) is 1. The quantitative estimate of drug-likeness (QED) is 0.460. The lowest BCUT2D eigenvalue weighted by atomic mass is 10.2. The summed E-state index contributed by atoms with van der Waals surface area (Å²) in [5.74, 6) is -2.10. The first kappa shape index (κ1) is 20.8.